The highest BCUT2D eigenvalue weighted by molar-refractivity contribution is 5.93. The van der Waals surface area contributed by atoms with E-state index in [0.29, 0.717) is 0 Å². The van der Waals surface area contributed by atoms with Crippen molar-refractivity contribution in [3.05, 3.63) is 38.9 Å². The van der Waals surface area contributed by atoms with Crippen molar-refractivity contribution in [3.63, 3.8) is 0 Å². The molecular formula is C10H6F2N2O4. The van der Waals surface area contributed by atoms with Gasteiger partial charge in [0.25, 0.3) is 12.1 Å². The number of hydrogen-bond donors (Lipinski definition) is 0. The molecule has 0 atom stereocenters. The first kappa shape index (κ1) is 13.5. The number of nitriles is 1. The molecule has 8 heteroatoms. The number of carbonyl (C=O) groups excluding carboxylic acids is 1. The number of esters is 1. The highest BCUT2D eigenvalue weighted by Crippen LogP contribution is 2.35. The van der Waals surface area contributed by atoms with Gasteiger partial charge in [0.1, 0.15) is 17.2 Å². The lowest BCUT2D eigenvalue weighted by molar-refractivity contribution is -0.386. The Kier molecular flexibility index (Phi) is 3.89. The fraction of sp³-hybridized carbons (Fsp3) is 0.200. The Labute approximate surface area is 99.5 Å². The van der Waals surface area contributed by atoms with Crippen molar-refractivity contribution >= 4 is 11.7 Å². The molecule has 1 aromatic rings. The second kappa shape index (κ2) is 5.18. The van der Waals surface area contributed by atoms with E-state index in [-0.39, 0.29) is 0 Å². The summed E-state index contributed by atoms with van der Waals surface area (Å²) in [6.45, 7) is 0. The van der Waals surface area contributed by atoms with Crippen LogP contribution in [0.4, 0.5) is 14.5 Å². The Balaban J connectivity index is 3.69. The number of nitro groups is 1. The van der Waals surface area contributed by atoms with Gasteiger partial charge in [-0.3, -0.25) is 10.1 Å². The summed E-state index contributed by atoms with van der Waals surface area (Å²) in [5, 5.41) is 19.4. The normalized spacial score (nSPS) is 9.94. The van der Waals surface area contributed by atoms with Gasteiger partial charge in [-0.2, -0.15) is 5.26 Å². The molecule has 0 heterocycles. The van der Waals surface area contributed by atoms with Crippen LogP contribution in [0, 0.1) is 21.4 Å². The number of hydrogen-bond acceptors (Lipinski definition) is 5. The van der Waals surface area contributed by atoms with Crippen molar-refractivity contribution < 1.29 is 23.2 Å². The number of ether oxygens (including phenoxy) is 1. The van der Waals surface area contributed by atoms with E-state index >= 15 is 0 Å². The molecule has 0 aliphatic rings. The molecule has 0 aromatic heterocycles. The molecule has 1 rings (SSSR count). The monoisotopic (exact) mass is 256 g/mol. The van der Waals surface area contributed by atoms with Gasteiger partial charge < -0.3 is 4.74 Å². The van der Waals surface area contributed by atoms with Crippen molar-refractivity contribution in [2.24, 2.45) is 0 Å². The number of methoxy groups -OCH3 is 1. The topological polar surface area (TPSA) is 93.2 Å². The summed E-state index contributed by atoms with van der Waals surface area (Å²) < 4.78 is 29.9. The lowest BCUT2D eigenvalue weighted by Crippen LogP contribution is -2.10. The van der Waals surface area contributed by atoms with Crippen molar-refractivity contribution in [1.82, 2.24) is 0 Å². The van der Waals surface area contributed by atoms with Crippen LogP contribution in [0.2, 0.25) is 0 Å². The van der Waals surface area contributed by atoms with Crippen molar-refractivity contribution in [1.29, 1.82) is 5.26 Å². The van der Waals surface area contributed by atoms with Gasteiger partial charge in [0.2, 0.25) is 0 Å². The number of nitrogens with zero attached hydrogens (tertiary/aromatic N) is 2. The maximum absolute atomic E-state index is 12.8. The Hall–Kier alpha value is -2.56. The smallest absolute Gasteiger partial charge is 0.338 e. The molecule has 0 amide bonds. The number of halogens is 2. The fourth-order valence-electron chi connectivity index (χ4n) is 1.40. The third-order valence-corrected chi connectivity index (χ3v) is 2.14. The highest BCUT2D eigenvalue weighted by Gasteiger charge is 2.32. The molecule has 0 spiro atoms. The maximum atomic E-state index is 12.8. The molecule has 0 bridgehead atoms. The molecule has 0 saturated heterocycles. The van der Waals surface area contributed by atoms with Crippen molar-refractivity contribution in [3.8, 4) is 6.07 Å². The predicted molar refractivity (Wildman–Crippen MR) is 54.1 cm³/mol. The molecule has 0 saturated carbocycles. The van der Waals surface area contributed by atoms with Crippen LogP contribution >= 0.6 is 0 Å². The van der Waals surface area contributed by atoms with E-state index in [0.717, 1.165) is 19.2 Å². The number of nitro benzene ring substituents is 1. The molecule has 0 aliphatic carbocycles. The fourth-order valence-corrected chi connectivity index (χ4v) is 1.40. The molecule has 0 radical (unpaired) electrons. The minimum Gasteiger partial charge on any atom is -0.465 e. The third-order valence-electron chi connectivity index (χ3n) is 2.14. The Morgan fingerprint density at radius 1 is 1.56 bits per heavy atom. The van der Waals surface area contributed by atoms with E-state index in [2.05, 4.69) is 4.74 Å². The van der Waals surface area contributed by atoms with Crippen LogP contribution in [-0.4, -0.2) is 18.0 Å². The van der Waals surface area contributed by atoms with Crippen LogP contribution in [0.25, 0.3) is 0 Å². The molecule has 0 fully saturated rings. The Morgan fingerprint density at radius 3 is 2.56 bits per heavy atom. The molecule has 0 aliphatic heterocycles. The summed E-state index contributed by atoms with van der Waals surface area (Å²) in [5.41, 5.74) is -3.34. The Bertz CT molecular complexity index is 552. The van der Waals surface area contributed by atoms with Gasteiger partial charge in [0, 0.05) is 0 Å². The van der Waals surface area contributed by atoms with Gasteiger partial charge in [-0.15, -0.1) is 0 Å². The van der Waals surface area contributed by atoms with Crippen LogP contribution in [0.1, 0.15) is 27.9 Å². The summed E-state index contributed by atoms with van der Waals surface area (Å²) in [7, 11) is 0.960. The molecule has 18 heavy (non-hydrogen) atoms. The zero-order valence-corrected chi connectivity index (χ0v) is 9.02. The van der Waals surface area contributed by atoms with Crippen molar-refractivity contribution in [2.45, 2.75) is 6.43 Å². The van der Waals surface area contributed by atoms with Crippen LogP contribution in [-0.2, 0) is 4.74 Å². The van der Waals surface area contributed by atoms with Gasteiger partial charge in [-0.1, -0.05) is 0 Å². The van der Waals surface area contributed by atoms with Gasteiger partial charge in [-0.25, -0.2) is 13.6 Å². The number of carbonyl (C=O) groups is 1. The summed E-state index contributed by atoms with van der Waals surface area (Å²) in [6.07, 6.45) is -3.27. The average molecular weight is 256 g/mol. The zero-order chi connectivity index (χ0) is 13.9. The first-order valence-electron chi connectivity index (χ1n) is 4.51. The largest absolute Gasteiger partial charge is 0.465 e. The van der Waals surface area contributed by atoms with Crippen LogP contribution in [0.5, 0.6) is 0 Å². The minimum absolute atomic E-state index is 0.539. The first-order chi connectivity index (χ1) is 8.43. The quantitative estimate of drug-likeness (QED) is 0.469. The average Bonchev–Trinajstić information content (AvgIpc) is 2.35. The summed E-state index contributed by atoms with van der Waals surface area (Å²) in [5.74, 6) is -1.13. The number of alkyl halides is 2. The van der Waals surface area contributed by atoms with E-state index < -0.39 is 39.7 Å². The molecule has 0 N–H and O–H groups in total. The summed E-state index contributed by atoms with van der Waals surface area (Å²) in [6, 6.07) is 3.26. The lowest BCUT2D eigenvalue weighted by atomic mass is 10.0. The lowest BCUT2D eigenvalue weighted by Gasteiger charge is -2.08. The van der Waals surface area contributed by atoms with Gasteiger partial charge >= 0.3 is 5.97 Å². The minimum atomic E-state index is -3.27. The maximum Gasteiger partial charge on any atom is 0.338 e. The van der Waals surface area contributed by atoms with Gasteiger partial charge in [0.05, 0.1) is 17.6 Å². The standard InChI is InChI=1S/C10H6F2N2O4/c1-18-10(15)6-3-2-5(4-13)8(14(16)17)7(6)9(11)12/h2-3,9H,1H3. The molecule has 6 nitrogen and oxygen atoms in total. The van der Waals surface area contributed by atoms with E-state index in [1.165, 1.54) is 6.07 Å². The molecule has 94 valence electrons. The predicted octanol–water partition coefficient (Wildman–Crippen LogP) is 2.19. The Morgan fingerprint density at radius 2 is 2.17 bits per heavy atom. The van der Waals surface area contributed by atoms with Gasteiger partial charge in [0.15, 0.2) is 0 Å². The zero-order valence-electron chi connectivity index (χ0n) is 9.02. The van der Waals surface area contributed by atoms with Crippen LogP contribution < -0.4 is 0 Å². The molecular weight excluding hydrogens is 250 g/mol. The van der Waals surface area contributed by atoms with E-state index in [4.69, 9.17) is 5.26 Å². The SMILES string of the molecule is COC(=O)c1ccc(C#N)c([N+](=O)[O-])c1C(F)F. The van der Waals surface area contributed by atoms with Crippen molar-refractivity contribution in [2.75, 3.05) is 7.11 Å². The number of benzene rings is 1. The van der Waals surface area contributed by atoms with Gasteiger partial charge in [-0.05, 0) is 12.1 Å². The molecule has 0 unspecified atom stereocenters. The van der Waals surface area contributed by atoms with Crippen LogP contribution in [0.3, 0.4) is 0 Å². The summed E-state index contributed by atoms with van der Waals surface area (Å²) >= 11 is 0. The third kappa shape index (κ3) is 2.24. The number of rotatable bonds is 3. The first-order valence-corrected chi connectivity index (χ1v) is 4.51. The highest BCUT2D eigenvalue weighted by atomic mass is 19.3. The van der Waals surface area contributed by atoms with E-state index in [1.54, 1.807) is 0 Å². The van der Waals surface area contributed by atoms with E-state index in [1.807, 2.05) is 0 Å². The summed E-state index contributed by atoms with van der Waals surface area (Å²) in [4.78, 5) is 20.9. The van der Waals surface area contributed by atoms with E-state index in [9.17, 15) is 23.7 Å². The second-order valence-electron chi connectivity index (χ2n) is 3.08. The molecule has 1 aromatic carbocycles. The van der Waals surface area contributed by atoms with Crippen LogP contribution in [0.15, 0.2) is 12.1 Å². The second-order valence-corrected chi connectivity index (χ2v) is 3.08.